The third-order valence-electron chi connectivity index (χ3n) is 6.25. The van der Waals surface area contributed by atoms with Gasteiger partial charge in [-0.1, -0.05) is 12.1 Å². The molecule has 7 nitrogen and oxygen atoms in total. The van der Waals surface area contributed by atoms with E-state index >= 15 is 0 Å². The molecule has 5 rings (SSSR count). The van der Waals surface area contributed by atoms with Crippen LogP contribution in [-0.4, -0.2) is 31.8 Å². The molecule has 4 aromatic rings. The van der Waals surface area contributed by atoms with Crippen LogP contribution in [0.3, 0.4) is 0 Å². The van der Waals surface area contributed by atoms with E-state index in [4.69, 9.17) is 9.73 Å². The highest BCUT2D eigenvalue weighted by Gasteiger charge is 2.25. The van der Waals surface area contributed by atoms with E-state index in [0.29, 0.717) is 28.1 Å². The summed E-state index contributed by atoms with van der Waals surface area (Å²) in [6.07, 6.45) is 1.87. The minimum atomic E-state index is -0.697. The molecule has 2 aromatic heterocycles. The predicted molar refractivity (Wildman–Crippen MR) is 132 cm³/mol. The van der Waals surface area contributed by atoms with Crippen molar-refractivity contribution in [1.29, 1.82) is 0 Å². The van der Waals surface area contributed by atoms with Gasteiger partial charge in [-0.3, -0.25) is 18.5 Å². The van der Waals surface area contributed by atoms with Crippen LogP contribution in [-0.2, 0) is 13.6 Å². The Labute approximate surface area is 208 Å². The van der Waals surface area contributed by atoms with Gasteiger partial charge in [0.15, 0.2) is 10.3 Å². The summed E-state index contributed by atoms with van der Waals surface area (Å²) in [5.41, 5.74) is 2.25. The van der Waals surface area contributed by atoms with E-state index in [1.54, 1.807) is 14.0 Å². The summed E-state index contributed by atoms with van der Waals surface area (Å²) in [5, 5.41) is 0. The monoisotopic (exact) mass is 543 g/mol. The number of benzene rings is 2. The molecule has 0 saturated heterocycles. The topological polar surface area (TPSA) is 66.3 Å². The predicted octanol–water partition coefficient (Wildman–Crippen LogP) is 4.31. The van der Waals surface area contributed by atoms with Gasteiger partial charge in [0, 0.05) is 13.1 Å². The first-order valence-electron chi connectivity index (χ1n) is 11.3. The lowest BCUT2D eigenvalue weighted by molar-refractivity contribution is 0.414. The Morgan fingerprint density at radius 3 is 2.43 bits per heavy atom. The van der Waals surface area contributed by atoms with Crippen molar-refractivity contribution in [3.8, 4) is 5.75 Å². The second-order valence-corrected chi connectivity index (χ2v) is 9.47. The van der Waals surface area contributed by atoms with E-state index in [9.17, 15) is 13.6 Å². The molecule has 0 spiro atoms. The zero-order valence-electron chi connectivity index (χ0n) is 19.5. The minimum absolute atomic E-state index is 0.113. The van der Waals surface area contributed by atoms with Gasteiger partial charge in [-0.05, 0) is 71.1 Å². The van der Waals surface area contributed by atoms with Crippen molar-refractivity contribution < 1.29 is 13.5 Å². The van der Waals surface area contributed by atoms with E-state index < -0.39 is 17.7 Å². The number of rotatable bonds is 6. The lowest BCUT2D eigenvalue weighted by atomic mass is 10.1. The Kier molecular flexibility index (Phi) is 6.08. The summed E-state index contributed by atoms with van der Waals surface area (Å²) in [6, 6.07) is 10.4. The summed E-state index contributed by atoms with van der Waals surface area (Å²) in [6.45, 7) is 2.20. The maximum absolute atomic E-state index is 14.0. The van der Waals surface area contributed by atoms with Gasteiger partial charge in [0.25, 0.3) is 5.56 Å². The molecule has 0 radical (unpaired) electrons. The fourth-order valence-corrected chi connectivity index (χ4v) is 4.72. The Morgan fingerprint density at radius 1 is 1.17 bits per heavy atom. The van der Waals surface area contributed by atoms with E-state index in [-0.39, 0.29) is 17.1 Å². The average molecular weight is 544 g/mol. The van der Waals surface area contributed by atoms with Crippen molar-refractivity contribution in [3.05, 3.63) is 85.9 Å². The van der Waals surface area contributed by atoms with Gasteiger partial charge < -0.3 is 4.74 Å². The lowest BCUT2D eigenvalue weighted by Crippen LogP contribution is -2.42. The van der Waals surface area contributed by atoms with Crippen molar-refractivity contribution >= 4 is 27.1 Å². The van der Waals surface area contributed by atoms with Crippen molar-refractivity contribution in [1.82, 2.24) is 18.7 Å². The van der Waals surface area contributed by atoms with Crippen LogP contribution in [0, 0.1) is 11.6 Å². The van der Waals surface area contributed by atoms with E-state index in [1.165, 1.54) is 16.7 Å². The van der Waals surface area contributed by atoms with Gasteiger partial charge in [0.05, 0.1) is 25.7 Å². The van der Waals surface area contributed by atoms with Crippen molar-refractivity contribution in [2.75, 3.05) is 7.11 Å². The van der Waals surface area contributed by atoms with Gasteiger partial charge >= 0.3 is 0 Å². The summed E-state index contributed by atoms with van der Waals surface area (Å²) in [7, 11) is 3.45. The highest BCUT2D eigenvalue weighted by molar-refractivity contribution is 9.10. The first-order chi connectivity index (χ1) is 16.8. The number of aryl methyl sites for hydroxylation is 1. The van der Waals surface area contributed by atoms with Gasteiger partial charge in [-0.2, -0.15) is 0 Å². The molecule has 1 saturated carbocycles. The maximum Gasteiger partial charge on any atom is 0.283 e. The summed E-state index contributed by atoms with van der Waals surface area (Å²) in [4.78, 5) is 23.1. The zero-order chi connectivity index (χ0) is 24.9. The fraction of sp³-hybridized carbons (Fsp3) is 0.320. The molecule has 1 aliphatic carbocycles. The highest BCUT2D eigenvalue weighted by Crippen LogP contribution is 2.25. The maximum atomic E-state index is 14.0. The molecule has 1 aliphatic rings. The van der Waals surface area contributed by atoms with E-state index in [1.807, 2.05) is 40.4 Å². The van der Waals surface area contributed by atoms with Crippen LogP contribution in [0.25, 0.3) is 11.2 Å². The van der Waals surface area contributed by atoms with Crippen LogP contribution in [0.2, 0.25) is 0 Å². The third kappa shape index (κ3) is 4.42. The first-order valence-corrected chi connectivity index (χ1v) is 12.1. The molecule has 2 heterocycles. The lowest BCUT2D eigenvalue weighted by Gasteiger charge is -2.19. The molecule has 1 fully saturated rings. The summed E-state index contributed by atoms with van der Waals surface area (Å²) in [5.74, 6) is -0.639. The summed E-state index contributed by atoms with van der Waals surface area (Å²) < 4.78 is 38.9. The number of methoxy groups -OCH3 is 1. The van der Waals surface area contributed by atoms with Crippen LogP contribution < -0.4 is 15.9 Å². The molecular formula is C25H24BrF2N5O2. The van der Waals surface area contributed by atoms with Crippen molar-refractivity contribution in [3.63, 3.8) is 0 Å². The molecule has 35 heavy (non-hydrogen) atoms. The van der Waals surface area contributed by atoms with E-state index in [0.717, 1.165) is 30.2 Å². The Morgan fingerprint density at radius 2 is 1.83 bits per heavy atom. The van der Waals surface area contributed by atoms with Crippen LogP contribution >= 0.6 is 15.9 Å². The number of imidazole rings is 1. The highest BCUT2D eigenvalue weighted by atomic mass is 79.9. The first kappa shape index (κ1) is 23.5. The smallest absolute Gasteiger partial charge is 0.283 e. The normalized spacial score (nSPS) is 15.1. The molecule has 0 bridgehead atoms. The van der Waals surface area contributed by atoms with Gasteiger partial charge in [0.1, 0.15) is 23.0 Å². The number of hydrogen-bond donors (Lipinski definition) is 0. The Hall–Kier alpha value is -3.27. The number of hydrogen-bond acceptors (Lipinski definition) is 4. The number of halogens is 3. The van der Waals surface area contributed by atoms with Crippen molar-refractivity contribution in [2.45, 2.75) is 38.4 Å². The molecular weight excluding hydrogens is 520 g/mol. The molecule has 0 N–H and O–H groups in total. The second-order valence-electron chi connectivity index (χ2n) is 8.76. The van der Waals surface area contributed by atoms with Crippen LogP contribution in [0.5, 0.6) is 5.75 Å². The number of nitrogens with zero attached hydrogens (tertiary/aromatic N) is 5. The minimum Gasteiger partial charge on any atom is -0.497 e. The molecule has 0 aliphatic heterocycles. The second kappa shape index (κ2) is 9.07. The third-order valence-corrected chi connectivity index (χ3v) is 6.85. The van der Waals surface area contributed by atoms with Crippen LogP contribution in [0.15, 0.2) is 57.0 Å². The molecule has 0 amide bonds. The van der Waals surface area contributed by atoms with Gasteiger partial charge in [-0.25, -0.2) is 18.8 Å². The van der Waals surface area contributed by atoms with Crippen LogP contribution in [0.1, 0.15) is 36.9 Å². The van der Waals surface area contributed by atoms with E-state index in [2.05, 4.69) is 20.9 Å². The molecule has 182 valence electrons. The SMILES string of the molecule is COc1ccc(Cn2c(Br)nc3c(=O)n(C(C)c4cc(F)cc(F)c4)c(=NC4CC4)n(C)c32)cc1. The zero-order valence-corrected chi connectivity index (χ0v) is 21.1. The molecule has 10 heteroatoms. The van der Waals surface area contributed by atoms with Gasteiger partial charge in [0.2, 0.25) is 5.62 Å². The van der Waals surface area contributed by atoms with Gasteiger partial charge in [-0.15, -0.1) is 0 Å². The fourth-order valence-electron chi connectivity index (χ4n) is 4.25. The molecule has 2 aromatic carbocycles. The summed E-state index contributed by atoms with van der Waals surface area (Å²) >= 11 is 3.51. The van der Waals surface area contributed by atoms with Crippen LogP contribution in [0.4, 0.5) is 8.78 Å². The Balaban J connectivity index is 1.72. The Bertz CT molecular complexity index is 1530. The number of aromatic nitrogens is 4. The molecule has 1 atom stereocenters. The number of ether oxygens (including phenoxy) is 1. The van der Waals surface area contributed by atoms with Crippen molar-refractivity contribution in [2.24, 2.45) is 12.0 Å². The number of fused-ring (bicyclic) bond motifs is 1. The standard InChI is InChI=1S/C25H24BrF2N5O2/c1-14(16-10-17(27)12-18(28)11-16)33-23(34)21-22(31(2)25(33)29-19-6-7-19)32(24(26)30-21)13-15-4-8-20(35-3)9-5-15/h4-5,8-12,14,19H,6-7,13H2,1-3H3. The largest absolute Gasteiger partial charge is 0.497 e. The average Bonchev–Trinajstić information content (AvgIpc) is 3.59. The quantitative estimate of drug-likeness (QED) is 0.340. The molecule has 1 unspecified atom stereocenters.